The number of H-pyrrole nitrogens is 1. The van der Waals surface area contributed by atoms with Crippen molar-refractivity contribution in [2.24, 2.45) is 5.73 Å². The minimum Gasteiger partial charge on any atom is -0.497 e. The molecule has 10 N–H and O–H groups in total. The van der Waals surface area contributed by atoms with Gasteiger partial charge in [0.2, 0.25) is 0 Å². The molecule has 0 saturated carbocycles. The van der Waals surface area contributed by atoms with Gasteiger partial charge in [-0.2, -0.15) is 0 Å². The number of rotatable bonds is 12. The number of nitrogens with zero attached hydrogens (tertiary/aromatic N) is 5. The third-order valence-corrected chi connectivity index (χ3v) is 8.30. The molecule has 2 amide bonds. The van der Waals surface area contributed by atoms with Gasteiger partial charge in [0.25, 0.3) is 22.9 Å². The fourth-order valence-corrected chi connectivity index (χ4v) is 5.51. The average molecular weight is 802 g/mol. The highest BCUT2D eigenvalue weighted by atomic mass is 35.5. The molecule has 0 bridgehead atoms. The van der Waals surface area contributed by atoms with E-state index in [2.05, 4.69) is 40.9 Å². The highest BCUT2D eigenvalue weighted by Crippen LogP contribution is 2.23. The molecule has 0 aliphatic heterocycles. The summed E-state index contributed by atoms with van der Waals surface area (Å²) in [5, 5.41) is 8.58. The number of nitrogens with two attached hydrogens (primary N) is 3. The number of hydrogen-bond donors (Lipinski definition) is 7. The lowest BCUT2D eigenvalue weighted by molar-refractivity contribution is 0.0939. The van der Waals surface area contributed by atoms with Gasteiger partial charge in [0.15, 0.2) is 0 Å². The molecule has 56 heavy (non-hydrogen) atoms. The summed E-state index contributed by atoms with van der Waals surface area (Å²) in [5.74, 6) is 1.17. The van der Waals surface area contributed by atoms with Crippen LogP contribution in [0.25, 0.3) is 0 Å². The van der Waals surface area contributed by atoms with E-state index < -0.39 is 22.9 Å². The Hall–Kier alpha value is -7.18. The van der Waals surface area contributed by atoms with Gasteiger partial charge in [-0.3, -0.25) is 23.7 Å². The standard InChI is InChI=1S/C26H25ClN6O4.C10H9ClN6O2/c1-36-18-7-3-16(4-8-18)13-29-25(34)24-20(27)11-21(32-23-12-22(28)30-15-31-23)26(35)33(24)14-17-5-9-19(37-2)10-6-17;11-4-1-5(10(19)17-8(4)9(13)18)16-7-2-6(12)14-3-15-7/h3-12,15H,13-14H2,1-2H3,(H,29,34)(H3,28,30,31,32);1-3H,(H2,13,18)(H,17,19)(H3,12,14,15,16). The Labute approximate surface area is 328 Å². The monoisotopic (exact) mass is 800 g/mol. The normalized spacial score (nSPS) is 10.4. The van der Waals surface area contributed by atoms with E-state index in [0.717, 1.165) is 11.1 Å². The molecule has 0 radical (unpaired) electrons. The van der Waals surface area contributed by atoms with Crippen molar-refractivity contribution in [3.63, 3.8) is 0 Å². The van der Waals surface area contributed by atoms with E-state index >= 15 is 0 Å². The highest BCUT2D eigenvalue weighted by molar-refractivity contribution is 6.34. The smallest absolute Gasteiger partial charge is 0.275 e. The van der Waals surface area contributed by atoms with E-state index in [-0.39, 0.29) is 57.5 Å². The van der Waals surface area contributed by atoms with E-state index in [1.807, 2.05) is 24.3 Å². The summed E-state index contributed by atoms with van der Waals surface area (Å²) in [6, 6.07) is 20.0. The number of benzene rings is 2. The largest absolute Gasteiger partial charge is 0.497 e. The van der Waals surface area contributed by atoms with E-state index in [4.69, 9.17) is 49.9 Å². The van der Waals surface area contributed by atoms with Gasteiger partial charge < -0.3 is 47.6 Å². The number of ether oxygens (including phenoxy) is 2. The Balaban J connectivity index is 0.000000265. The maximum absolute atomic E-state index is 13.6. The van der Waals surface area contributed by atoms with E-state index in [1.165, 1.54) is 41.5 Å². The maximum Gasteiger partial charge on any atom is 0.275 e. The predicted molar refractivity (Wildman–Crippen MR) is 212 cm³/mol. The van der Waals surface area contributed by atoms with Crippen LogP contribution in [0.5, 0.6) is 11.5 Å². The fraction of sp³-hybridized carbons (Fsp3) is 0.111. The van der Waals surface area contributed by atoms with Crippen molar-refractivity contribution in [2.75, 3.05) is 36.3 Å². The quantitative estimate of drug-likeness (QED) is 0.0927. The minimum atomic E-state index is -0.820. The summed E-state index contributed by atoms with van der Waals surface area (Å²) in [4.78, 5) is 67.4. The van der Waals surface area contributed by atoms with Crippen LogP contribution in [-0.2, 0) is 13.1 Å². The van der Waals surface area contributed by atoms with Crippen molar-refractivity contribution in [3.8, 4) is 11.5 Å². The molecule has 4 aromatic heterocycles. The van der Waals surface area contributed by atoms with Gasteiger partial charge in [0.1, 0.15) is 70.2 Å². The molecule has 2 aromatic carbocycles. The van der Waals surface area contributed by atoms with Crippen LogP contribution in [0.15, 0.2) is 95.0 Å². The van der Waals surface area contributed by atoms with Gasteiger partial charge in [-0.25, -0.2) is 19.9 Å². The van der Waals surface area contributed by atoms with Crippen LogP contribution in [0.2, 0.25) is 10.0 Å². The number of carbonyl (C=O) groups is 2. The van der Waals surface area contributed by atoms with Crippen LogP contribution in [0, 0.1) is 0 Å². The molecule has 6 aromatic rings. The van der Waals surface area contributed by atoms with Crippen LogP contribution in [0.4, 0.5) is 34.6 Å². The number of pyridine rings is 2. The third kappa shape index (κ3) is 10.3. The van der Waals surface area contributed by atoms with Crippen LogP contribution >= 0.6 is 23.2 Å². The fourth-order valence-electron chi connectivity index (χ4n) is 4.96. The number of methoxy groups -OCH3 is 2. The first-order valence-corrected chi connectivity index (χ1v) is 17.0. The number of halogens is 2. The summed E-state index contributed by atoms with van der Waals surface area (Å²) in [6.07, 6.45) is 2.52. The molecule has 0 aliphatic rings. The molecular weight excluding hydrogens is 767 g/mol. The lowest BCUT2D eigenvalue weighted by Crippen LogP contribution is -2.33. The number of hydrogen-bond acceptors (Lipinski definition) is 14. The summed E-state index contributed by atoms with van der Waals surface area (Å²) in [7, 11) is 3.15. The second-order valence-electron chi connectivity index (χ2n) is 11.5. The number of carbonyl (C=O) groups excluding carboxylic acids is 2. The zero-order valence-electron chi connectivity index (χ0n) is 29.7. The molecule has 0 fully saturated rings. The summed E-state index contributed by atoms with van der Waals surface area (Å²) in [6.45, 7) is 0.325. The lowest BCUT2D eigenvalue weighted by atomic mass is 10.2. The van der Waals surface area contributed by atoms with E-state index in [0.29, 0.717) is 23.1 Å². The van der Waals surface area contributed by atoms with E-state index in [1.54, 1.807) is 38.5 Å². The molecule has 4 heterocycles. The number of amides is 2. The maximum atomic E-state index is 13.6. The Morgan fingerprint density at radius 2 is 1.27 bits per heavy atom. The number of nitrogens with one attached hydrogen (secondary N) is 4. The highest BCUT2D eigenvalue weighted by Gasteiger charge is 2.21. The second kappa shape index (κ2) is 18.2. The Bertz CT molecular complexity index is 2480. The van der Waals surface area contributed by atoms with Crippen molar-refractivity contribution >= 4 is 69.7 Å². The Kier molecular flexibility index (Phi) is 13.0. The van der Waals surface area contributed by atoms with Crippen molar-refractivity contribution in [1.29, 1.82) is 0 Å². The van der Waals surface area contributed by atoms with Crippen LogP contribution in [0.3, 0.4) is 0 Å². The average Bonchev–Trinajstić information content (AvgIpc) is 3.18. The number of anilines is 6. The number of aromatic amines is 1. The zero-order valence-corrected chi connectivity index (χ0v) is 31.2. The number of nitrogen functional groups attached to an aromatic ring is 2. The predicted octanol–water partition coefficient (Wildman–Crippen LogP) is 3.86. The molecule has 0 saturated heterocycles. The molecule has 0 aliphatic carbocycles. The van der Waals surface area contributed by atoms with Gasteiger partial charge in [-0.15, -0.1) is 0 Å². The first kappa shape index (κ1) is 40.0. The second-order valence-corrected chi connectivity index (χ2v) is 12.3. The molecule has 6 rings (SSSR count). The molecule has 18 nitrogen and oxygen atoms in total. The number of primary amides is 1. The zero-order chi connectivity index (χ0) is 40.4. The van der Waals surface area contributed by atoms with Gasteiger partial charge in [0, 0.05) is 18.7 Å². The van der Waals surface area contributed by atoms with Crippen LogP contribution < -0.4 is 53.7 Å². The topological polar surface area (TPSA) is 273 Å². The summed E-state index contributed by atoms with van der Waals surface area (Å²) >= 11 is 12.4. The molecule has 0 unspecified atom stereocenters. The van der Waals surface area contributed by atoms with Crippen molar-refractivity contribution in [1.82, 2.24) is 34.8 Å². The summed E-state index contributed by atoms with van der Waals surface area (Å²) < 4.78 is 11.7. The van der Waals surface area contributed by atoms with Crippen LogP contribution in [-0.4, -0.2) is 55.5 Å². The van der Waals surface area contributed by atoms with Crippen molar-refractivity contribution in [3.05, 3.63) is 139 Å². The number of aromatic nitrogens is 6. The lowest BCUT2D eigenvalue weighted by Gasteiger charge is -2.17. The SMILES string of the molecule is COc1ccc(CNC(=O)c2c(Cl)cc(Nc3cc(N)ncn3)c(=O)n2Cc2ccc(OC)cc2)cc1.NC(=O)c1[nH]c(=O)c(Nc2cc(N)ncn2)cc1Cl. The first-order chi connectivity index (χ1) is 26.8. The van der Waals surface area contributed by atoms with Gasteiger partial charge in [-0.05, 0) is 47.5 Å². The first-order valence-electron chi connectivity index (χ1n) is 16.2. The van der Waals surface area contributed by atoms with Gasteiger partial charge in [0.05, 0.1) is 30.8 Å². The van der Waals surface area contributed by atoms with Gasteiger partial charge in [-0.1, -0.05) is 47.5 Å². The minimum absolute atomic E-state index is 0.0247. The molecule has 20 heteroatoms. The molecule has 0 atom stereocenters. The van der Waals surface area contributed by atoms with Gasteiger partial charge >= 0.3 is 0 Å². The molecule has 0 spiro atoms. The van der Waals surface area contributed by atoms with E-state index in [9.17, 15) is 19.2 Å². The van der Waals surface area contributed by atoms with Crippen molar-refractivity contribution in [2.45, 2.75) is 13.1 Å². The summed E-state index contributed by atoms with van der Waals surface area (Å²) in [5.41, 5.74) is 17.0. The Morgan fingerprint density at radius 1 is 0.750 bits per heavy atom. The van der Waals surface area contributed by atoms with Crippen molar-refractivity contribution < 1.29 is 19.1 Å². The van der Waals surface area contributed by atoms with Crippen LogP contribution in [0.1, 0.15) is 32.1 Å². The third-order valence-electron chi connectivity index (χ3n) is 7.71. The molecule has 288 valence electrons. The molecular formula is C36H34Cl2N12O6. The Morgan fingerprint density at radius 3 is 1.79 bits per heavy atom.